The van der Waals surface area contributed by atoms with Crippen LogP contribution < -0.4 is 5.32 Å². The van der Waals surface area contributed by atoms with Crippen molar-refractivity contribution in [3.8, 4) is 0 Å². The number of benzene rings is 2. The van der Waals surface area contributed by atoms with E-state index < -0.39 is 23.2 Å². The van der Waals surface area contributed by atoms with Gasteiger partial charge in [0.2, 0.25) is 11.7 Å². The second kappa shape index (κ2) is 6.60. The summed E-state index contributed by atoms with van der Waals surface area (Å²) in [6, 6.07) is 13.1. The zero-order chi connectivity index (χ0) is 21.0. The molecule has 30 heavy (non-hydrogen) atoms. The van der Waals surface area contributed by atoms with Crippen LogP contribution in [-0.4, -0.2) is 30.2 Å². The first-order chi connectivity index (χ1) is 14.4. The highest BCUT2D eigenvalue weighted by Gasteiger charge is 2.64. The molecule has 0 saturated carbocycles. The van der Waals surface area contributed by atoms with Crippen molar-refractivity contribution in [2.75, 3.05) is 18.9 Å². The van der Waals surface area contributed by atoms with Gasteiger partial charge in [0.25, 0.3) is 0 Å². The van der Waals surface area contributed by atoms with Gasteiger partial charge in [-0.15, -0.1) is 0 Å². The number of halogens is 2. The van der Waals surface area contributed by atoms with E-state index >= 15 is 0 Å². The van der Waals surface area contributed by atoms with Crippen LogP contribution in [0, 0.1) is 17.6 Å². The molecule has 2 aliphatic heterocycles. The van der Waals surface area contributed by atoms with Gasteiger partial charge in [-0.05, 0) is 55.1 Å². The number of likely N-dealkylation sites (tertiary alicyclic amines) is 1. The van der Waals surface area contributed by atoms with Gasteiger partial charge in [0.05, 0.1) is 12.2 Å². The number of rotatable bonds is 3. The van der Waals surface area contributed by atoms with Crippen LogP contribution >= 0.6 is 0 Å². The zero-order valence-electron chi connectivity index (χ0n) is 16.1. The summed E-state index contributed by atoms with van der Waals surface area (Å²) in [7, 11) is 1.74. The first-order valence-corrected chi connectivity index (χ1v) is 9.59. The van der Waals surface area contributed by atoms with Crippen LogP contribution in [0.1, 0.15) is 27.6 Å². The molecule has 2 aliphatic rings. The number of anilines is 1. The number of carbonyl (C=O) groups is 2. The number of hydrogen-bond acceptors (Lipinski definition) is 4. The maximum atomic E-state index is 14.2. The van der Waals surface area contributed by atoms with Gasteiger partial charge in [-0.25, -0.2) is 8.78 Å². The molecule has 0 bridgehead atoms. The van der Waals surface area contributed by atoms with E-state index in [9.17, 15) is 18.4 Å². The van der Waals surface area contributed by atoms with Gasteiger partial charge in [-0.2, -0.15) is 0 Å². The van der Waals surface area contributed by atoms with Crippen molar-refractivity contribution in [3.63, 3.8) is 0 Å². The monoisotopic (exact) mass is 408 g/mol. The molecule has 5 rings (SSSR count). The number of Topliss-reactive ketones (excluding diaryl/α,β-unsaturated/α-hetero) is 1. The summed E-state index contributed by atoms with van der Waals surface area (Å²) in [5.41, 5.74) is 0.220. The van der Waals surface area contributed by atoms with E-state index in [4.69, 9.17) is 4.42 Å². The lowest BCUT2D eigenvalue weighted by atomic mass is 9.71. The van der Waals surface area contributed by atoms with E-state index in [2.05, 4.69) is 5.32 Å². The molecule has 3 atom stereocenters. The van der Waals surface area contributed by atoms with Crippen molar-refractivity contribution in [1.82, 2.24) is 4.90 Å². The second-order valence-corrected chi connectivity index (χ2v) is 7.77. The van der Waals surface area contributed by atoms with Crippen molar-refractivity contribution in [2.24, 2.45) is 5.92 Å². The highest BCUT2D eigenvalue weighted by atomic mass is 19.1. The van der Waals surface area contributed by atoms with Crippen molar-refractivity contribution >= 4 is 17.4 Å². The summed E-state index contributed by atoms with van der Waals surface area (Å²) in [6.07, 6.45) is 1.40. The molecule has 5 nitrogen and oxygen atoms in total. The molecule has 1 aromatic heterocycles. The predicted octanol–water partition coefficient (Wildman–Crippen LogP) is 3.93. The number of nitrogens with one attached hydrogen (secondary N) is 1. The SMILES string of the molecule is CN1C[C@H](c2ccc(F)cc2)C(C(=O)c2ccco2)[C@]12C(=O)Nc1ccc(F)cc12. The fraction of sp³-hybridized carbons (Fsp3) is 0.217. The Morgan fingerprint density at radius 1 is 1.13 bits per heavy atom. The van der Waals surface area contributed by atoms with Crippen molar-refractivity contribution < 1.29 is 22.8 Å². The van der Waals surface area contributed by atoms with Crippen LogP contribution in [0.4, 0.5) is 14.5 Å². The minimum atomic E-state index is -1.40. The summed E-state index contributed by atoms with van der Waals surface area (Å²) in [5, 5.41) is 2.81. The Hall–Kier alpha value is -3.32. The van der Waals surface area contributed by atoms with Crippen LogP contribution in [0.2, 0.25) is 0 Å². The molecule has 7 heteroatoms. The first-order valence-electron chi connectivity index (χ1n) is 9.59. The minimum Gasteiger partial charge on any atom is -0.461 e. The average molecular weight is 408 g/mol. The lowest BCUT2D eigenvalue weighted by Crippen LogP contribution is -2.51. The van der Waals surface area contributed by atoms with Crippen molar-refractivity contribution in [3.05, 3.63) is 89.4 Å². The first kappa shape index (κ1) is 18.7. The molecule has 0 radical (unpaired) electrons. The Labute approximate surface area is 171 Å². The third-order valence-corrected chi connectivity index (χ3v) is 6.26. The number of amides is 1. The predicted molar refractivity (Wildman–Crippen MR) is 105 cm³/mol. The molecule has 0 aliphatic carbocycles. The Kier molecular flexibility index (Phi) is 4.11. The number of carbonyl (C=O) groups excluding carboxylic acids is 2. The van der Waals surface area contributed by atoms with Gasteiger partial charge < -0.3 is 9.73 Å². The molecule has 1 saturated heterocycles. The Morgan fingerprint density at radius 3 is 2.57 bits per heavy atom. The molecule has 1 amide bonds. The Morgan fingerprint density at radius 2 is 1.87 bits per heavy atom. The van der Waals surface area contributed by atoms with Crippen LogP contribution in [0.3, 0.4) is 0 Å². The van der Waals surface area contributed by atoms with Gasteiger partial charge in [0.1, 0.15) is 17.2 Å². The van der Waals surface area contributed by atoms with Gasteiger partial charge in [0.15, 0.2) is 5.76 Å². The van der Waals surface area contributed by atoms with Crippen LogP contribution in [-0.2, 0) is 10.3 Å². The molecule has 2 aromatic carbocycles. The van der Waals surface area contributed by atoms with Crippen LogP contribution in [0.5, 0.6) is 0 Å². The summed E-state index contributed by atoms with van der Waals surface area (Å²) < 4.78 is 33.1. The van der Waals surface area contributed by atoms with Gasteiger partial charge in [-0.3, -0.25) is 14.5 Å². The topological polar surface area (TPSA) is 62.6 Å². The minimum absolute atomic E-state index is 0.124. The number of likely N-dealkylation sites (N-methyl/N-ethyl adjacent to an activating group) is 1. The molecule has 3 aromatic rings. The highest BCUT2D eigenvalue weighted by molar-refractivity contribution is 6.11. The summed E-state index contributed by atoms with van der Waals surface area (Å²) in [5.74, 6) is -2.81. The number of ketones is 1. The van der Waals surface area contributed by atoms with Crippen molar-refractivity contribution in [2.45, 2.75) is 11.5 Å². The fourth-order valence-corrected chi connectivity index (χ4v) is 4.99. The average Bonchev–Trinajstić information content (AvgIpc) is 3.42. The molecule has 1 fully saturated rings. The second-order valence-electron chi connectivity index (χ2n) is 7.77. The van der Waals surface area contributed by atoms with Gasteiger partial charge in [-0.1, -0.05) is 12.1 Å². The third-order valence-electron chi connectivity index (χ3n) is 6.26. The molecule has 1 unspecified atom stereocenters. The quantitative estimate of drug-likeness (QED) is 0.667. The van der Waals surface area contributed by atoms with Gasteiger partial charge in [0, 0.05) is 23.7 Å². The molecular weight excluding hydrogens is 390 g/mol. The number of fused-ring (bicyclic) bond motifs is 2. The third kappa shape index (κ3) is 2.48. The van der Waals surface area contributed by atoms with E-state index in [1.807, 2.05) is 0 Å². The lowest BCUT2D eigenvalue weighted by molar-refractivity contribution is -0.126. The van der Waals surface area contributed by atoms with E-state index in [0.29, 0.717) is 17.8 Å². The van der Waals surface area contributed by atoms with E-state index in [1.54, 1.807) is 36.2 Å². The highest BCUT2D eigenvalue weighted by Crippen LogP contribution is 2.55. The maximum Gasteiger partial charge on any atom is 0.250 e. The molecule has 1 spiro atoms. The van der Waals surface area contributed by atoms with E-state index in [0.717, 1.165) is 5.56 Å². The number of furan rings is 1. The summed E-state index contributed by atoms with van der Waals surface area (Å²) >= 11 is 0. The van der Waals surface area contributed by atoms with E-state index in [-0.39, 0.29) is 23.3 Å². The van der Waals surface area contributed by atoms with Gasteiger partial charge >= 0.3 is 0 Å². The maximum absolute atomic E-state index is 14.2. The molecule has 3 heterocycles. The Bertz CT molecular complexity index is 1140. The normalized spacial score (nSPS) is 25.5. The molecule has 1 N–H and O–H groups in total. The largest absolute Gasteiger partial charge is 0.461 e. The zero-order valence-corrected chi connectivity index (χ0v) is 16.1. The van der Waals surface area contributed by atoms with E-state index in [1.165, 1.54) is 36.6 Å². The van der Waals surface area contributed by atoms with Crippen molar-refractivity contribution in [1.29, 1.82) is 0 Å². The lowest BCUT2D eigenvalue weighted by Gasteiger charge is -2.35. The molecule has 152 valence electrons. The smallest absolute Gasteiger partial charge is 0.250 e. The fourth-order valence-electron chi connectivity index (χ4n) is 4.99. The standard InChI is InChI=1S/C23H18F2N2O3/c1-27-12-16(13-4-6-14(24)7-5-13)20(21(28)19-3-2-10-30-19)23(27)17-11-15(25)8-9-18(17)26-22(23)29/h2-11,16,20H,12H2,1H3,(H,26,29)/t16-,20?,23-/m1/s1. The number of nitrogens with zero attached hydrogens (tertiary/aromatic N) is 1. The molecular formula is C23H18F2N2O3. The van der Waals surface area contributed by atoms with Crippen LogP contribution in [0.25, 0.3) is 0 Å². The number of hydrogen-bond donors (Lipinski definition) is 1. The summed E-state index contributed by atoms with van der Waals surface area (Å²) in [6.45, 7) is 0.353. The Balaban J connectivity index is 1.74. The van der Waals surface area contributed by atoms with Crippen LogP contribution in [0.15, 0.2) is 65.3 Å². The summed E-state index contributed by atoms with van der Waals surface area (Å²) in [4.78, 5) is 28.8.